The van der Waals surface area contributed by atoms with Gasteiger partial charge in [-0.25, -0.2) is 0 Å². The van der Waals surface area contributed by atoms with Crippen molar-refractivity contribution in [2.24, 2.45) is 0 Å². The smallest absolute Gasteiger partial charge is 0.328 e. The molecule has 48 valence electrons. The van der Waals surface area contributed by atoms with E-state index in [1.54, 1.807) is 0 Å². The van der Waals surface area contributed by atoms with Crippen molar-refractivity contribution in [1.82, 2.24) is 0 Å². The maximum absolute atomic E-state index is 2.44. The van der Waals surface area contributed by atoms with E-state index in [9.17, 15) is 0 Å². The van der Waals surface area contributed by atoms with Crippen molar-refractivity contribution in [3.8, 4) is 0 Å². The quantitative estimate of drug-likeness (QED) is 0.335. The number of hydrogen-bond acceptors (Lipinski definition) is 0. The molecule has 0 N–H and O–H groups in total. The fourth-order valence-corrected chi connectivity index (χ4v) is 1.25. The third kappa shape index (κ3) is 6.05. The van der Waals surface area contributed by atoms with Crippen LogP contribution in [-0.2, 0) is 0 Å². The van der Waals surface area contributed by atoms with Crippen molar-refractivity contribution in [3.63, 3.8) is 0 Å². The minimum Gasteiger partial charge on any atom is -0.328 e. The molecule has 1 aliphatic rings. The van der Waals surface area contributed by atoms with E-state index in [2.05, 4.69) is 6.42 Å². The Morgan fingerprint density at radius 2 is 1.11 bits per heavy atom. The van der Waals surface area contributed by atoms with Gasteiger partial charge in [0.05, 0.1) is 0 Å². The van der Waals surface area contributed by atoms with Crippen LogP contribution in [-0.4, -0.2) is 0 Å². The van der Waals surface area contributed by atoms with Crippen LogP contribution in [0.15, 0.2) is 0 Å². The average Bonchev–Trinajstić information content (AvgIpc) is 1.62. The normalized spacial score (nSPS) is 21.3. The Labute approximate surface area is 101 Å². The van der Waals surface area contributed by atoms with Gasteiger partial charge in [-0.05, 0) is 0 Å². The van der Waals surface area contributed by atoms with Gasteiger partial charge < -0.3 is 6.42 Å². The zero-order valence-electron chi connectivity index (χ0n) is 6.53. The third-order valence-electron chi connectivity index (χ3n) is 1.82. The summed E-state index contributed by atoms with van der Waals surface area (Å²) in [7, 11) is 0. The largest absolute Gasteiger partial charge is 1.00 e. The molecule has 1 heteroatoms. The third-order valence-corrected chi connectivity index (χ3v) is 1.82. The Bertz CT molecular complexity index is 28.5. The Hall–Kier alpha value is 1.64. The molecular weight excluding hydrogens is 135 g/mol. The minimum absolute atomic E-state index is 0. The summed E-state index contributed by atoms with van der Waals surface area (Å²) in [5.74, 6) is 0. The Morgan fingerprint density at radius 1 is 0.667 bits per heavy atom. The molecule has 1 saturated carbocycles. The van der Waals surface area contributed by atoms with E-state index in [4.69, 9.17) is 0 Å². The summed E-state index contributed by atoms with van der Waals surface area (Å²) in [6.07, 6.45) is 12.5. The van der Waals surface area contributed by atoms with E-state index in [1.807, 2.05) is 0 Å². The second-order valence-electron chi connectivity index (χ2n) is 2.63. The first kappa shape index (κ1) is 10.6. The maximum Gasteiger partial charge on any atom is 1.00 e. The first-order chi connectivity index (χ1) is 4.00. The van der Waals surface area contributed by atoms with Gasteiger partial charge >= 0.3 is 51.4 Å². The molecule has 0 bridgehead atoms. The topological polar surface area (TPSA) is 0 Å². The molecule has 9 heavy (non-hydrogen) atoms. The van der Waals surface area contributed by atoms with Gasteiger partial charge in [0, 0.05) is 0 Å². The molecular formula is C8H15K. The first-order valence-corrected chi connectivity index (χ1v) is 3.82. The molecule has 0 atom stereocenters. The van der Waals surface area contributed by atoms with Crippen molar-refractivity contribution in [3.05, 3.63) is 6.42 Å². The molecule has 1 aliphatic carbocycles. The van der Waals surface area contributed by atoms with Crippen molar-refractivity contribution >= 4 is 0 Å². The van der Waals surface area contributed by atoms with Crippen molar-refractivity contribution in [2.45, 2.75) is 44.9 Å². The van der Waals surface area contributed by atoms with Crippen molar-refractivity contribution in [2.75, 3.05) is 0 Å². The molecule has 0 saturated heterocycles. The van der Waals surface area contributed by atoms with Crippen molar-refractivity contribution in [1.29, 1.82) is 0 Å². The molecule has 0 nitrogen and oxygen atoms in total. The summed E-state index contributed by atoms with van der Waals surface area (Å²) in [6.45, 7) is 0. The van der Waals surface area contributed by atoms with E-state index in [-0.39, 0.29) is 51.4 Å². The molecule has 0 aromatic rings. The Balaban J connectivity index is 0.000000640. The fraction of sp³-hybridized carbons (Fsp3) is 0.875. The van der Waals surface area contributed by atoms with Gasteiger partial charge in [0.25, 0.3) is 0 Å². The summed E-state index contributed by atoms with van der Waals surface area (Å²) in [5, 5.41) is 0. The predicted molar refractivity (Wildman–Crippen MR) is 36.6 cm³/mol. The van der Waals surface area contributed by atoms with Crippen LogP contribution >= 0.6 is 0 Å². The van der Waals surface area contributed by atoms with Crippen molar-refractivity contribution < 1.29 is 51.4 Å². The number of hydrogen-bond donors (Lipinski definition) is 0. The molecule has 0 spiro atoms. The zero-order chi connectivity index (χ0) is 5.66. The summed E-state index contributed by atoms with van der Waals surface area (Å²) in [6, 6.07) is 0. The van der Waals surface area contributed by atoms with Crippen LogP contribution in [0.4, 0.5) is 0 Å². The average molecular weight is 150 g/mol. The molecule has 1 fully saturated rings. The van der Waals surface area contributed by atoms with Crippen LogP contribution in [0.25, 0.3) is 0 Å². The first-order valence-electron chi connectivity index (χ1n) is 3.82. The summed E-state index contributed by atoms with van der Waals surface area (Å²) < 4.78 is 0. The molecule has 0 amide bonds. The second-order valence-corrected chi connectivity index (χ2v) is 2.63. The Kier molecular flexibility index (Phi) is 9.15. The van der Waals surface area contributed by atoms with Crippen LogP contribution in [0, 0.1) is 6.42 Å². The van der Waals surface area contributed by atoms with E-state index >= 15 is 0 Å². The van der Waals surface area contributed by atoms with Gasteiger partial charge in [-0.15, -0.1) is 0 Å². The predicted octanol–water partition coefficient (Wildman–Crippen LogP) is -0.0610. The minimum atomic E-state index is 0. The molecule has 1 rings (SSSR count). The molecule has 0 heterocycles. The SMILES string of the molecule is [CH-]1CCCCCCC1.[K+]. The monoisotopic (exact) mass is 150 g/mol. The summed E-state index contributed by atoms with van der Waals surface area (Å²) in [5.41, 5.74) is 0. The zero-order valence-corrected chi connectivity index (χ0v) is 9.65. The fourth-order valence-electron chi connectivity index (χ4n) is 1.25. The molecule has 0 aromatic carbocycles. The summed E-state index contributed by atoms with van der Waals surface area (Å²) in [4.78, 5) is 0. The number of rotatable bonds is 0. The van der Waals surface area contributed by atoms with Crippen LogP contribution < -0.4 is 51.4 Å². The van der Waals surface area contributed by atoms with Crippen LogP contribution in [0.3, 0.4) is 0 Å². The second kappa shape index (κ2) is 7.74. The summed E-state index contributed by atoms with van der Waals surface area (Å²) >= 11 is 0. The van der Waals surface area contributed by atoms with Crippen LogP contribution in [0.2, 0.25) is 0 Å². The standard InChI is InChI=1S/C8H15.K/c1-2-4-6-8-7-5-3-1;/h1H,2-8H2;/q-1;+1. The molecule has 0 radical (unpaired) electrons. The van der Waals surface area contributed by atoms with E-state index in [0.717, 1.165) is 0 Å². The van der Waals surface area contributed by atoms with Gasteiger partial charge in [0.2, 0.25) is 0 Å². The molecule has 0 aliphatic heterocycles. The van der Waals surface area contributed by atoms with Crippen LogP contribution in [0.5, 0.6) is 0 Å². The van der Waals surface area contributed by atoms with Gasteiger partial charge in [0.15, 0.2) is 0 Å². The molecule has 0 unspecified atom stereocenters. The van der Waals surface area contributed by atoms with Gasteiger partial charge in [0.1, 0.15) is 0 Å². The maximum atomic E-state index is 2.44. The van der Waals surface area contributed by atoms with E-state index < -0.39 is 0 Å². The van der Waals surface area contributed by atoms with Gasteiger partial charge in [-0.3, -0.25) is 0 Å². The van der Waals surface area contributed by atoms with Gasteiger partial charge in [-0.1, -0.05) is 32.1 Å². The van der Waals surface area contributed by atoms with E-state index in [0.29, 0.717) is 0 Å². The van der Waals surface area contributed by atoms with E-state index in [1.165, 1.54) is 44.9 Å². The van der Waals surface area contributed by atoms with Crippen LogP contribution in [0.1, 0.15) is 44.9 Å². The van der Waals surface area contributed by atoms with Gasteiger partial charge in [-0.2, -0.15) is 12.8 Å². The Morgan fingerprint density at radius 3 is 1.67 bits per heavy atom. The molecule has 0 aromatic heterocycles.